The number of aromatic nitrogens is 4. The first-order valence-corrected chi connectivity index (χ1v) is 8.79. The van der Waals surface area contributed by atoms with E-state index in [-0.39, 0.29) is 5.91 Å². The van der Waals surface area contributed by atoms with Crippen molar-refractivity contribution in [1.82, 2.24) is 20.3 Å². The van der Waals surface area contributed by atoms with E-state index in [1.54, 1.807) is 19.9 Å². The molecule has 132 valence electrons. The molecule has 4 rings (SSSR count). The van der Waals surface area contributed by atoms with Gasteiger partial charge in [-0.25, -0.2) is 0 Å². The van der Waals surface area contributed by atoms with Crippen LogP contribution < -0.4 is 5.32 Å². The highest BCUT2D eigenvalue weighted by molar-refractivity contribution is 8.00. The molecule has 0 saturated carbocycles. The van der Waals surface area contributed by atoms with Crippen molar-refractivity contribution in [3.05, 3.63) is 42.3 Å². The molecule has 0 saturated heterocycles. The maximum Gasteiger partial charge on any atom is 0.277 e. The summed E-state index contributed by atoms with van der Waals surface area (Å²) in [4.78, 5) is 15.4. The first-order valence-electron chi connectivity index (χ1n) is 7.91. The third-order valence-electron chi connectivity index (χ3n) is 3.75. The van der Waals surface area contributed by atoms with Crippen LogP contribution in [-0.2, 0) is 4.79 Å². The number of carbonyl (C=O) groups is 1. The van der Waals surface area contributed by atoms with Crippen molar-refractivity contribution in [2.45, 2.75) is 24.3 Å². The van der Waals surface area contributed by atoms with Gasteiger partial charge in [0, 0.05) is 23.2 Å². The summed E-state index contributed by atoms with van der Waals surface area (Å²) in [6, 6.07) is 9.51. The summed E-state index contributed by atoms with van der Waals surface area (Å²) in [5.74, 6) is 1.19. The Balaban J connectivity index is 1.47. The molecule has 3 heterocycles. The van der Waals surface area contributed by atoms with Crippen molar-refractivity contribution in [2.75, 3.05) is 5.32 Å². The van der Waals surface area contributed by atoms with E-state index in [9.17, 15) is 4.79 Å². The number of aromatic amines is 1. The molecule has 9 heteroatoms. The Morgan fingerprint density at radius 3 is 2.96 bits per heavy atom. The number of H-pyrrole nitrogens is 1. The molecule has 0 fully saturated rings. The number of rotatable bonds is 5. The zero-order valence-electron chi connectivity index (χ0n) is 14.0. The number of fused-ring (bicyclic) bond motifs is 1. The number of benzene rings is 1. The number of thioether (sulfide) groups is 1. The minimum atomic E-state index is -0.441. The Kier molecular flexibility index (Phi) is 4.21. The van der Waals surface area contributed by atoms with Gasteiger partial charge < -0.3 is 19.2 Å². The number of nitrogens with one attached hydrogen (secondary N) is 2. The first-order chi connectivity index (χ1) is 12.6. The Bertz CT molecular complexity index is 1070. The second-order valence-corrected chi connectivity index (χ2v) is 6.99. The quantitative estimate of drug-likeness (QED) is 0.517. The van der Waals surface area contributed by atoms with Crippen molar-refractivity contribution in [3.63, 3.8) is 0 Å². The van der Waals surface area contributed by atoms with Crippen molar-refractivity contribution >= 4 is 34.4 Å². The predicted molar refractivity (Wildman–Crippen MR) is 96.8 cm³/mol. The lowest BCUT2D eigenvalue weighted by Gasteiger charge is -2.06. The molecule has 1 atom stereocenters. The van der Waals surface area contributed by atoms with Crippen LogP contribution in [0, 0.1) is 6.92 Å². The molecule has 4 aromatic rings. The summed E-state index contributed by atoms with van der Waals surface area (Å²) >= 11 is 1.18. The maximum atomic E-state index is 12.2. The molecule has 0 spiro atoms. The van der Waals surface area contributed by atoms with Crippen molar-refractivity contribution in [1.29, 1.82) is 0 Å². The minimum absolute atomic E-state index is 0.227. The van der Waals surface area contributed by atoms with E-state index in [1.807, 2.05) is 30.5 Å². The molecule has 8 nitrogen and oxygen atoms in total. The summed E-state index contributed by atoms with van der Waals surface area (Å²) < 4.78 is 10.6. The standard InChI is InChI=1S/C17H15N5O3S/c1-9-7-14(22-25-9)19-15(23)10(2)26-17-21-20-16(24-17)12-8-18-13-6-4-3-5-11(12)13/h3-8,10,18H,1-2H3,(H,19,22,23)/t10-/m0/s1. The molecule has 0 aliphatic carbocycles. The highest BCUT2D eigenvalue weighted by Gasteiger charge is 2.20. The van der Waals surface area contributed by atoms with Crippen LogP contribution >= 0.6 is 11.8 Å². The van der Waals surface area contributed by atoms with Crippen molar-refractivity contribution in [2.24, 2.45) is 0 Å². The van der Waals surface area contributed by atoms with E-state index in [4.69, 9.17) is 8.94 Å². The minimum Gasteiger partial charge on any atom is -0.411 e. The normalized spacial score (nSPS) is 12.4. The molecule has 0 aliphatic heterocycles. The van der Waals surface area contributed by atoms with Gasteiger partial charge in [0.25, 0.3) is 11.1 Å². The Hall–Kier alpha value is -3.07. The van der Waals surface area contributed by atoms with E-state index in [0.29, 0.717) is 22.7 Å². The molecule has 0 aliphatic rings. The highest BCUT2D eigenvalue weighted by Crippen LogP contribution is 2.30. The van der Waals surface area contributed by atoms with Crippen LogP contribution in [0.25, 0.3) is 22.4 Å². The summed E-state index contributed by atoms with van der Waals surface area (Å²) in [6.45, 7) is 3.51. The van der Waals surface area contributed by atoms with Gasteiger partial charge in [0.15, 0.2) is 5.82 Å². The number of nitrogens with zero attached hydrogens (tertiary/aromatic N) is 3. The third-order valence-corrected chi connectivity index (χ3v) is 4.69. The fraction of sp³-hybridized carbons (Fsp3) is 0.176. The van der Waals surface area contributed by atoms with Crippen LogP contribution in [0.15, 0.2) is 50.7 Å². The summed E-state index contributed by atoms with van der Waals surface area (Å²) in [7, 11) is 0. The Morgan fingerprint density at radius 1 is 1.31 bits per heavy atom. The predicted octanol–water partition coefficient (Wildman–Crippen LogP) is 3.63. The molecule has 1 amide bonds. The van der Waals surface area contributed by atoms with Crippen molar-refractivity contribution < 1.29 is 13.7 Å². The molecule has 0 unspecified atom stereocenters. The van der Waals surface area contributed by atoms with Gasteiger partial charge in [-0.1, -0.05) is 35.1 Å². The SMILES string of the molecule is Cc1cc(NC(=O)[C@H](C)Sc2nnc(-c3c[nH]c4ccccc34)o2)no1. The van der Waals surface area contributed by atoms with Gasteiger partial charge in [-0.2, -0.15) is 0 Å². The van der Waals surface area contributed by atoms with E-state index in [0.717, 1.165) is 16.5 Å². The molecule has 0 radical (unpaired) electrons. The average molecular weight is 369 g/mol. The zero-order valence-corrected chi connectivity index (χ0v) is 14.8. The molecule has 0 bridgehead atoms. The first kappa shape index (κ1) is 16.4. The van der Waals surface area contributed by atoms with Gasteiger partial charge in [0.05, 0.1) is 10.8 Å². The lowest BCUT2D eigenvalue weighted by Crippen LogP contribution is -2.22. The fourth-order valence-corrected chi connectivity index (χ4v) is 3.16. The number of amides is 1. The third kappa shape index (κ3) is 3.21. The molecular formula is C17H15N5O3S. The fourth-order valence-electron chi connectivity index (χ4n) is 2.47. The second kappa shape index (κ2) is 6.68. The number of aryl methyl sites for hydroxylation is 1. The Morgan fingerprint density at radius 2 is 2.15 bits per heavy atom. The number of hydrogen-bond donors (Lipinski definition) is 2. The van der Waals surface area contributed by atoms with Gasteiger partial charge in [-0.15, -0.1) is 10.2 Å². The number of anilines is 1. The number of hydrogen-bond acceptors (Lipinski definition) is 7. The zero-order chi connectivity index (χ0) is 18.1. The Labute approximate surface area is 152 Å². The van der Waals surface area contributed by atoms with Crippen LogP contribution in [0.5, 0.6) is 0 Å². The monoisotopic (exact) mass is 369 g/mol. The molecule has 2 N–H and O–H groups in total. The molecule has 26 heavy (non-hydrogen) atoms. The number of carbonyl (C=O) groups excluding carboxylic acids is 1. The lowest BCUT2D eigenvalue weighted by atomic mass is 10.2. The van der Waals surface area contributed by atoms with Crippen LogP contribution in [0.2, 0.25) is 0 Å². The van der Waals surface area contributed by atoms with E-state index in [2.05, 4.69) is 25.7 Å². The number of para-hydroxylation sites is 1. The summed E-state index contributed by atoms with van der Waals surface area (Å²) in [5, 5.41) is 15.4. The van der Waals surface area contributed by atoms with Gasteiger partial charge in [-0.05, 0) is 19.9 Å². The van der Waals surface area contributed by atoms with Crippen molar-refractivity contribution in [3.8, 4) is 11.5 Å². The molecule has 3 aromatic heterocycles. The van der Waals surface area contributed by atoms with Crippen LogP contribution in [0.3, 0.4) is 0 Å². The average Bonchev–Trinajstić information content (AvgIpc) is 3.34. The van der Waals surface area contributed by atoms with Gasteiger partial charge in [-0.3, -0.25) is 4.79 Å². The smallest absolute Gasteiger partial charge is 0.277 e. The maximum absolute atomic E-state index is 12.2. The van der Waals surface area contributed by atoms with Gasteiger partial charge in [0.1, 0.15) is 5.76 Å². The van der Waals surface area contributed by atoms with E-state index >= 15 is 0 Å². The van der Waals surface area contributed by atoms with E-state index in [1.165, 1.54) is 11.8 Å². The lowest BCUT2D eigenvalue weighted by molar-refractivity contribution is -0.115. The summed E-state index contributed by atoms with van der Waals surface area (Å²) in [6.07, 6.45) is 1.83. The van der Waals surface area contributed by atoms with Gasteiger partial charge in [0.2, 0.25) is 5.91 Å². The van der Waals surface area contributed by atoms with E-state index < -0.39 is 5.25 Å². The highest BCUT2D eigenvalue weighted by atomic mass is 32.2. The molecule has 1 aromatic carbocycles. The second-order valence-electron chi connectivity index (χ2n) is 5.69. The van der Waals surface area contributed by atoms with Crippen LogP contribution in [-0.4, -0.2) is 31.5 Å². The van der Waals surface area contributed by atoms with Crippen LogP contribution in [0.1, 0.15) is 12.7 Å². The van der Waals surface area contributed by atoms with Gasteiger partial charge >= 0.3 is 0 Å². The molecular weight excluding hydrogens is 354 g/mol. The largest absolute Gasteiger partial charge is 0.411 e. The topological polar surface area (TPSA) is 110 Å². The summed E-state index contributed by atoms with van der Waals surface area (Å²) in [5.41, 5.74) is 1.82. The van der Waals surface area contributed by atoms with Crippen LogP contribution in [0.4, 0.5) is 5.82 Å².